The fraction of sp³-hybridized carbons (Fsp3) is 0.200. The van der Waals surface area contributed by atoms with Gasteiger partial charge in [0.2, 0.25) is 0 Å². The third-order valence-corrected chi connectivity index (χ3v) is 2.90. The molecule has 1 heterocycles. The molecule has 0 atom stereocenters. The number of pyridine rings is 1. The van der Waals surface area contributed by atoms with Crippen LogP contribution in [0.15, 0.2) is 36.7 Å². The van der Waals surface area contributed by atoms with Crippen molar-refractivity contribution in [2.24, 2.45) is 0 Å². The molecule has 0 saturated carbocycles. The van der Waals surface area contributed by atoms with Gasteiger partial charge < -0.3 is 19.5 Å². The van der Waals surface area contributed by atoms with Gasteiger partial charge in [-0.15, -0.1) is 12.4 Å². The zero-order valence-corrected chi connectivity index (χ0v) is 13.3. The second kappa shape index (κ2) is 8.09. The molecule has 118 valence electrons. The number of benzene rings is 1. The van der Waals surface area contributed by atoms with Gasteiger partial charge >= 0.3 is 0 Å². The number of hydrogen-bond acceptors (Lipinski definition) is 5. The number of carbonyl (C=O) groups is 1. The van der Waals surface area contributed by atoms with Crippen LogP contribution >= 0.6 is 12.4 Å². The molecule has 0 radical (unpaired) electrons. The first-order valence-electron chi connectivity index (χ1n) is 6.21. The number of ether oxygens (including phenoxy) is 3. The van der Waals surface area contributed by atoms with Gasteiger partial charge in [-0.2, -0.15) is 0 Å². The summed E-state index contributed by atoms with van der Waals surface area (Å²) in [6, 6.07) is 6.59. The molecule has 1 amide bonds. The number of halogens is 1. The van der Waals surface area contributed by atoms with Crippen molar-refractivity contribution in [3.63, 3.8) is 0 Å². The van der Waals surface area contributed by atoms with Gasteiger partial charge in [-0.3, -0.25) is 9.78 Å². The second-order valence-electron chi connectivity index (χ2n) is 4.10. The first-order chi connectivity index (χ1) is 10.2. The molecule has 0 unspecified atom stereocenters. The lowest BCUT2D eigenvalue weighted by molar-refractivity contribution is 0.102. The van der Waals surface area contributed by atoms with Crippen LogP contribution in [0.3, 0.4) is 0 Å². The number of nitrogens with one attached hydrogen (secondary N) is 1. The molecule has 0 fully saturated rings. The Kier molecular flexibility index (Phi) is 6.47. The third-order valence-electron chi connectivity index (χ3n) is 2.90. The van der Waals surface area contributed by atoms with E-state index < -0.39 is 0 Å². The van der Waals surface area contributed by atoms with Crippen molar-refractivity contribution in [2.45, 2.75) is 0 Å². The number of carbonyl (C=O) groups excluding carboxylic acids is 1. The van der Waals surface area contributed by atoms with Crippen molar-refractivity contribution in [3.8, 4) is 17.2 Å². The summed E-state index contributed by atoms with van der Waals surface area (Å²) in [5.41, 5.74) is 0.938. The highest BCUT2D eigenvalue weighted by Crippen LogP contribution is 2.39. The van der Waals surface area contributed by atoms with Gasteiger partial charge in [-0.25, -0.2) is 0 Å². The number of amides is 1. The Morgan fingerprint density at radius 1 is 1.00 bits per heavy atom. The van der Waals surface area contributed by atoms with E-state index in [1.807, 2.05) is 0 Å². The summed E-state index contributed by atoms with van der Waals surface area (Å²) in [6.45, 7) is 0. The lowest BCUT2D eigenvalue weighted by Crippen LogP contribution is -2.13. The largest absolute Gasteiger partial charge is 0.496 e. The minimum atomic E-state index is -0.279. The number of rotatable bonds is 5. The highest BCUT2D eigenvalue weighted by molar-refractivity contribution is 6.06. The number of aromatic nitrogens is 1. The van der Waals surface area contributed by atoms with Crippen molar-refractivity contribution in [1.82, 2.24) is 4.98 Å². The Morgan fingerprint density at radius 2 is 1.55 bits per heavy atom. The van der Waals surface area contributed by atoms with Crippen LogP contribution in [0.1, 0.15) is 10.4 Å². The molecular formula is C15H17ClN2O4. The Bertz CT molecular complexity index is 610. The third kappa shape index (κ3) is 3.79. The Labute approximate surface area is 134 Å². The van der Waals surface area contributed by atoms with Crippen LogP contribution in [0.25, 0.3) is 0 Å². The Balaban J connectivity index is 0.00000242. The van der Waals surface area contributed by atoms with Crippen LogP contribution in [0.2, 0.25) is 0 Å². The molecule has 0 saturated heterocycles. The molecule has 0 aliphatic carbocycles. The van der Waals surface area contributed by atoms with Crippen molar-refractivity contribution in [2.75, 3.05) is 26.6 Å². The van der Waals surface area contributed by atoms with Gasteiger partial charge in [-0.05, 0) is 12.1 Å². The standard InChI is InChI=1S/C15H16N2O4.ClH/c1-19-11-8-12(20-2)14(13(9-11)21-3)17-15(18)10-4-6-16-7-5-10;/h4-9H,1-3H3,(H,17,18);1H. The maximum absolute atomic E-state index is 12.2. The molecular weight excluding hydrogens is 308 g/mol. The molecule has 1 aromatic heterocycles. The zero-order chi connectivity index (χ0) is 15.2. The Hall–Kier alpha value is -2.47. The summed E-state index contributed by atoms with van der Waals surface area (Å²) in [4.78, 5) is 16.1. The predicted octanol–water partition coefficient (Wildman–Crippen LogP) is 2.78. The van der Waals surface area contributed by atoms with Crippen molar-refractivity contribution >= 4 is 24.0 Å². The van der Waals surface area contributed by atoms with Crippen molar-refractivity contribution in [3.05, 3.63) is 42.2 Å². The van der Waals surface area contributed by atoms with Crippen LogP contribution < -0.4 is 19.5 Å². The SMILES string of the molecule is COc1cc(OC)c(NC(=O)c2ccncc2)c(OC)c1.Cl. The van der Waals surface area contributed by atoms with Crippen LogP contribution in [-0.4, -0.2) is 32.2 Å². The van der Waals surface area contributed by atoms with E-state index in [-0.39, 0.29) is 18.3 Å². The van der Waals surface area contributed by atoms with Gasteiger partial charge in [0.25, 0.3) is 5.91 Å². The molecule has 22 heavy (non-hydrogen) atoms. The van der Waals surface area contributed by atoms with E-state index in [1.165, 1.54) is 14.2 Å². The van der Waals surface area contributed by atoms with E-state index in [2.05, 4.69) is 10.3 Å². The molecule has 6 nitrogen and oxygen atoms in total. The summed E-state index contributed by atoms with van der Waals surface area (Å²) in [7, 11) is 4.57. The van der Waals surface area contributed by atoms with Crippen molar-refractivity contribution < 1.29 is 19.0 Å². The quantitative estimate of drug-likeness (QED) is 0.915. The first kappa shape index (κ1) is 17.6. The first-order valence-corrected chi connectivity index (χ1v) is 6.21. The molecule has 2 aromatic rings. The fourth-order valence-corrected chi connectivity index (χ4v) is 1.82. The van der Waals surface area contributed by atoms with E-state index in [0.717, 1.165) is 0 Å². The maximum atomic E-state index is 12.2. The monoisotopic (exact) mass is 324 g/mol. The smallest absolute Gasteiger partial charge is 0.255 e. The van der Waals surface area contributed by atoms with Crippen LogP contribution in [0, 0.1) is 0 Å². The van der Waals surface area contributed by atoms with Crippen molar-refractivity contribution in [1.29, 1.82) is 0 Å². The second-order valence-corrected chi connectivity index (χ2v) is 4.10. The van der Waals surface area contributed by atoms with E-state index in [9.17, 15) is 4.79 Å². The lowest BCUT2D eigenvalue weighted by Gasteiger charge is -2.15. The predicted molar refractivity (Wildman–Crippen MR) is 85.5 cm³/mol. The Morgan fingerprint density at radius 3 is 2.00 bits per heavy atom. The lowest BCUT2D eigenvalue weighted by atomic mass is 10.2. The normalized spacial score (nSPS) is 9.41. The molecule has 0 spiro atoms. The highest BCUT2D eigenvalue weighted by Gasteiger charge is 2.16. The fourth-order valence-electron chi connectivity index (χ4n) is 1.82. The molecule has 0 bridgehead atoms. The minimum Gasteiger partial charge on any atom is -0.496 e. The van der Waals surface area contributed by atoms with Gasteiger partial charge in [-0.1, -0.05) is 0 Å². The van der Waals surface area contributed by atoms with Crippen LogP contribution in [0.4, 0.5) is 5.69 Å². The molecule has 7 heteroatoms. The minimum absolute atomic E-state index is 0. The molecule has 1 N–H and O–H groups in total. The number of methoxy groups -OCH3 is 3. The van der Waals surface area contributed by atoms with Gasteiger partial charge in [0.15, 0.2) is 0 Å². The van der Waals surface area contributed by atoms with E-state index in [4.69, 9.17) is 14.2 Å². The molecule has 2 rings (SSSR count). The summed E-state index contributed by atoms with van der Waals surface area (Å²) in [6.07, 6.45) is 3.11. The van der Waals surface area contributed by atoms with E-state index in [0.29, 0.717) is 28.5 Å². The molecule has 0 aliphatic rings. The number of anilines is 1. The number of nitrogens with zero attached hydrogens (tertiary/aromatic N) is 1. The average Bonchev–Trinajstić information content (AvgIpc) is 2.55. The molecule has 0 aliphatic heterocycles. The summed E-state index contributed by atoms with van der Waals surface area (Å²) in [5, 5.41) is 2.78. The number of hydrogen-bond donors (Lipinski definition) is 1. The zero-order valence-electron chi connectivity index (χ0n) is 12.5. The summed E-state index contributed by atoms with van der Waals surface area (Å²) < 4.78 is 15.7. The van der Waals surface area contributed by atoms with E-state index >= 15 is 0 Å². The van der Waals surface area contributed by atoms with Gasteiger partial charge in [0.05, 0.1) is 21.3 Å². The maximum Gasteiger partial charge on any atom is 0.255 e. The molecule has 1 aromatic carbocycles. The van der Waals surface area contributed by atoms with Gasteiger partial charge in [0.1, 0.15) is 22.9 Å². The van der Waals surface area contributed by atoms with E-state index in [1.54, 1.807) is 43.8 Å². The summed E-state index contributed by atoms with van der Waals surface area (Å²) >= 11 is 0. The van der Waals surface area contributed by atoms with Crippen LogP contribution in [-0.2, 0) is 0 Å². The average molecular weight is 325 g/mol. The van der Waals surface area contributed by atoms with Gasteiger partial charge in [0, 0.05) is 30.1 Å². The van der Waals surface area contributed by atoms with Crippen LogP contribution in [0.5, 0.6) is 17.2 Å². The topological polar surface area (TPSA) is 69.7 Å². The summed E-state index contributed by atoms with van der Waals surface area (Å²) in [5.74, 6) is 1.20. The highest BCUT2D eigenvalue weighted by atomic mass is 35.5.